The van der Waals surface area contributed by atoms with Crippen LogP contribution in [-0.4, -0.2) is 17.0 Å². The lowest BCUT2D eigenvalue weighted by atomic mass is 9.95. The summed E-state index contributed by atoms with van der Waals surface area (Å²) in [6, 6.07) is 1.73. The molecule has 0 unspecified atom stereocenters. The molecule has 3 rings (SSSR count). The van der Waals surface area contributed by atoms with Crippen molar-refractivity contribution in [2.45, 2.75) is 46.1 Å². The van der Waals surface area contributed by atoms with E-state index in [0.717, 1.165) is 31.2 Å². The fourth-order valence-corrected chi connectivity index (χ4v) is 4.05. The maximum atomic E-state index is 12.5. The van der Waals surface area contributed by atoms with Crippen molar-refractivity contribution in [2.24, 2.45) is 0 Å². The van der Waals surface area contributed by atoms with Crippen LogP contribution in [0.15, 0.2) is 10.6 Å². The standard InChI is InChI=1S/C16H18N2O4S/c1-9-7-11(18-22-9)8-21-16(20)14-12-5-3-4-6-13(12)23-15(14)17-10(2)19/h7H,3-6,8H2,1-2H3,(H,17,19). The molecule has 23 heavy (non-hydrogen) atoms. The summed E-state index contributed by atoms with van der Waals surface area (Å²) in [5.74, 6) is 0.0569. The summed E-state index contributed by atoms with van der Waals surface area (Å²) in [4.78, 5) is 25.1. The molecule has 1 aliphatic carbocycles. The van der Waals surface area contributed by atoms with E-state index in [-0.39, 0.29) is 12.5 Å². The Labute approximate surface area is 137 Å². The third kappa shape index (κ3) is 3.44. The summed E-state index contributed by atoms with van der Waals surface area (Å²) < 4.78 is 10.3. The van der Waals surface area contributed by atoms with Crippen LogP contribution < -0.4 is 5.32 Å². The highest BCUT2D eigenvalue weighted by molar-refractivity contribution is 7.17. The molecule has 7 heteroatoms. The van der Waals surface area contributed by atoms with Crippen LogP contribution in [0.5, 0.6) is 0 Å². The summed E-state index contributed by atoms with van der Waals surface area (Å²) in [7, 11) is 0. The minimum absolute atomic E-state index is 0.0559. The number of ether oxygens (including phenoxy) is 1. The topological polar surface area (TPSA) is 81.4 Å². The highest BCUT2D eigenvalue weighted by Gasteiger charge is 2.27. The maximum absolute atomic E-state index is 12.5. The summed E-state index contributed by atoms with van der Waals surface area (Å²) >= 11 is 1.48. The predicted octanol–water partition coefficient (Wildman–Crippen LogP) is 3.24. The Morgan fingerprint density at radius 2 is 2.17 bits per heavy atom. The van der Waals surface area contributed by atoms with Gasteiger partial charge in [0.05, 0.1) is 5.56 Å². The van der Waals surface area contributed by atoms with E-state index < -0.39 is 5.97 Å². The number of rotatable bonds is 4. The Hall–Kier alpha value is -2.15. The van der Waals surface area contributed by atoms with Gasteiger partial charge in [-0.2, -0.15) is 0 Å². The van der Waals surface area contributed by atoms with Crippen LogP contribution in [0.2, 0.25) is 0 Å². The molecule has 0 fully saturated rings. The van der Waals surface area contributed by atoms with Gasteiger partial charge in [0, 0.05) is 17.9 Å². The summed E-state index contributed by atoms with van der Waals surface area (Å²) in [5.41, 5.74) is 2.09. The molecule has 0 spiro atoms. The smallest absolute Gasteiger partial charge is 0.341 e. The molecule has 1 N–H and O–H groups in total. The van der Waals surface area contributed by atoms with E-state index in [1.54, 1.807) is 13.0 Å². The van der Waals surface area contributed by atoms with E-state index in [1.807, 2.05) is 0 Å². The second-order valence-corrected chi connectivity index (χ2v) is 6.71. The van der Waals surface area contributed by atoms with Crippen LogP contribution in [0.4, 0.5) is 5.00 Å². The third-order valence-electron chi connectivity index (χ3n) is 3.69. The molecule has 122 valence electrons. The molecular formula is C16H18N2O4S. The molecule has 1 amide bonds. The van der Waals surface area contributed by atoms with E-state index in [2.05, 4.69) is 10.5 Å². The molecule has 6 nitrogen and oxygen atoms in total. The van der Waals surface area contributed by atoms with E-state index in [9.17, 15) is 9.59 Å². The van der Waals surface area contributed by atoms with Crippen LogP contribution in [-0.2, 0) is 29.0 Å². The Morgan fingerprint density at radius 3 is 2.87 bits per heavy atom. The first kappa shape index (κ1) is 15.7. The molecule has 2 aromatic heterocycles. The van der Waals surface area contributed by atoms with Gasteiger partial charge >= 0.3 is 5.97 Å². The van der Waals surface area contributed by atoms with Crippen LogP contribution in [0, 0.1) is 6.92 Å². The molecule has 0 aliphatic heterocycles. The Kier molecular flexibility index (Phi) is 4.47. The zero-order chi connectivity index (χ0) is 16.4. The van der Waals surface area contributed by atoms with Crippen molar-refractivity contribution >= 4 is 28.2 Å². The number of anilines is 1. The molecule has 1 aliphatic rings. The Morgan fingerprint density at radius 1 is 1.39 bits per heavy atom. The van der Waals surface area contributed by atoms with Crippen LogP contribution >= 0.6 is 11.3 Å². The average molecular weight is 334 g/mol. The molecule has 0 aromatic carbocycles. The minimum atomic E-state index is -0.422. The SMILES string of the molecule is CC(=O)Nc1sc2c(c1C(=O)OCc1cc(C)on1)CCCC2. The molecular weight excluding hydrogens is 316 g/mol. The van der Waals surface area contributed by atoms with Crippen LogP contribution in [0.25, 0.3) is 0 Å². The van der Waals surface area contributed by atoms with Crippen LogP contribution in [0.3, 0.4) is 0 Å². The minimum Gasteiger partial charge on any atom is -0.455 e. The zero-order valence-electron chi connectivity index (χ0n) is 13.1. The van der Waals surface area contributed by atoms with Crippen molar-refractivity contribution < 1.29 is 18.8 Å². The van der Waals surface area contributed by atoms with Gasteiger partial charge in [-0.25, -0.2) is 4.79 Å². The van der Waals surface area contributed by atoms with Crippen molar-refractivity contribution in [3.8, 4) is 0 Å². The molecule has 0 bridgehead atoms. The second-order valence-electron chi connectivity index (χ2n) is 5.60. The first-order valence-electron chi connectivity index (χ1n) is 7.56. The molecule has 0 saturated heterocycles. The third-order valence-corrected chi connectivity index (χ3v) is 4.90. The van der Waals surface area contributed by atoms with Gasteiger partial charge in [0.25, 0.3) is 0 Å². The summed E-state index contributed by atoms with van der Waals surface area (Å²) in [6.45, 7) is 3.27. The van der Waals surface area contributed by atoms with Gasteiger partial charge in [-0.3, -0.25) is 4.79 Å². The number of aryl methyl sites for hydroxylation is 2. The van der Waals surface area contributed by atoms with Crippen molar-refractivity contribution in [3.05, 3.63) is 33.5 Å². The number of hydrogen-bond donors (Lipinski definition) is 1. The quantitative estimate of drug-likeness (QED) is 0.868. The number of carbonyl (C=O) groups excluding carboxylic acids is 2. The van der Waals surface area contributed by atoms with Gasteiger partial charge < -0.3 is 14.6 Å². The lowest BCUT2D eigenvalue weighted by molar-refractivity contribution is -0.114. The number of amides is 1. The highest BCUT2D eigenvalue weighted by atomic mass is 32.1. The Balaban J connectivity index is 1.82. The van der Waals surface area contributed by atoms with Crippen molar-refractivity contribution in [1.82, 2.24) is 5.16 Å². The molecule has 2 aromatic rings. The van der Waals surface area contributed by atoms with Gasteiger partial charge in [-0.15, -0.1) is 11.3 Å². The Bertz CT molecular complexity index is 747. The lowest BCUT2D eigenvalue weighted by Gasteiger charge is -2.12. The molecule has 2 heterocycles. The molecule has 0 atom stereocenters. The predicted molar refractivity (Wildman–Crippen MR) is 85.6 cm³/mol. The number of hydrogen-bond acceptors (Lipinski definition) is 6. The first-order chi connectivity index (χ1) is 11.0. The van der Waals surface area contributed by atoms with Gasteiger partial charge in [0.2, 0.25) is 5.91 Å². The van der Waals surface area contributed by atoms with E-state index >= 15 is 0 Å². The van der Waals surface area contributed by atoms with E-state index in [4.69, 9.17) is 9.26 Å². The maximum Gasteiger partial charge on any atom is 0.341 e. The number of nitrogens with one attached hydrogen (secondary N) is 1. The second kappa shape index (κ2) is 6.54. The van der Waals surface area contributed by atoms with Crippen molar-refractivity contribution in [1.29, 1.82) is 0 Å². The highest BCUT2D eigenvalue weighted by Crippen LogP contribution is 2.38. The fourth-order valence-electron chi connectivity index (χ4n) is 2.73. The number of esters is 1. The van der Waals surface area contributed by atoms with E-state index in [1.165, 1.54) is 23.1 Å². The summed E-state index contributed by atoms with van der Waals surface area (Å²) in [5, 5.41) is 7.16. The largest absolute Gasteiger partial charge is 0.455 e. The number of aromatic nitrogens is 1. The zero-order valence-corrected chi connectivity index (χ0v) is 13.9. The van der Waals surface area contributed by atoms with Gasteiger partial charge in [-0.05, 0) is 38.2 Å². The average Bonchev–Trinajstić information content (AvgIpc) is 3.07. The number of carbonyl (C=O) groups is 2. The van der Waals surface area contributed by atoms with Crippen molar-refractivity contribution in [3.63, 3.8) is 0 Å². The molecule has 0 radical (unpaired) electrons. The first-order valence-corrected chi connectivity index (χ1v) is 8.37. The van der Waals surface area contributed by atoms with Gasteiger partial charge in [0.1, 0.15) is 23.1 Å². The normalized spacial score (nSPS) is 13.5. The van der Waals surface area contributed by atoms with Crippen LogP contribution in [0.1, 0.15) is 52.0 Å². The summed E-state index contributed by atoms with van der Waals surface area (Å²) in [6.07, 6.45) is 3.95. The lowest BCUT2D eigenvalue weighted by Crippen LogP contribution is -2.13. The monoisotopic (exact) mass is 334 g/mol. The number of fused-ring (bicyclic) bond motifs is 1. The fraction of sp³-hybridized carbons (Fsp3) is 0.438. The van der Waals surface area contributed by atoms with E-state index in [0.29, 0.717) is 22.0 Å². The number of nitrogens with zero attached hydrogens (tertiary/aromatic N) is 1. The number of thiophene rings is 1. The van der Waals surface area contributed by atoms with Gasteiger partial charge in [-0.1, -0.05) is 5.16 Å². The molecule has 0 saturated carbocycles. The van der Waals surface area contributed by atoms with Gasteiger partial charge in [0.15, 0.2) is 0 Å². The van der Waals surface area contributed by atoms with Crippen molar-refractivity contribution in [2.75, 3.05) is 5.32 Å².